The Balaban J connectivity index is 0.00000225. The van der Waals surface area contributed by atoms with Crippen molar-refractivity contribution in [2.24, 2.45) is 4.99 Å². The predicted octanol–water partition coefficient (Wildman–Crippen LogP) is 3.73. The van der Waals surface area contributed by atoms with Crippen LogP contribution in [0.25, 0.3) is 11.0 Å². The van der Waals surface area contributed by atoms with E-state index in [0.29, 0.717) is 6.79 Å². The molecule has 0 radical (unpaired) electrons. The fourth-order valence-electron chi connectivity index (χ4n) is 3.11. The Bertz CT molecular complexity index is 922. The fourth-order valence-corrected chi connectivity index (χ4v) is 3.11. The van der Waals surface area contributed by atoms with E-state index in [4.69, 9.17) is 13.9 Å². The van der Waals surface area contributed by atoms with Crippen LogP contribution in [-0.2, 0) is 12.8 Å². The molecule has 0 unspecified atom stereocenters. The summed E-state index contributed by atoms with van der Waals surface area (Å²) >= 11 is 0. The Morgan fingerprint density at radius 1 is 0.964 bits per heavy atom. The summed E-state index contributed by atoms with van der Waals surface area (Å²) in [5.41, 5.74) is 2.13. The van der Waals surface area contributed by atoms with Crippen molar-refractivity contribution in [2.45, 2.75) is 12.8 Å². The Morgan fingerprint density at radius 2 is 1.75 bits per heavy atom. The van der Waals surface area contributed by atoms with Crippen LogP contribution < -0.4 is 20.1 Å². The van der Waals surface area contributed by atoms with E-state index >= 15 is 0 Å². The van der Waals surface area contributed by atoms with E-state index in [2.05, 4.69) is 33.8 Å². The quantitative estimate of drug-likeness (QED) is 0.311. The highest BCUT2D eigenvalue weighted by Crippen LogP contribution is 2.32. The highest BCUT2D eigenvalue weighted by molar-refractivity contribution is 14.0. The molecule has 0 atom stereocenters. The molecule has 2 heterocycles. The molecule has 0 saturated heterocycles. The molecule has 1 aliphatic heterocycles. The molecule has 6 nitrogen and oxygen atoms in total. The lowest BCUT2D eigenvalue weighted by Gasteiger charge is -2.11. The first kappa shape index (κ1) is 20.3. The summed E-state index contributed by atoms with van der Waals surface area (Å²) in [5, 5.41) is 7.80. The van der Waals surface area contributed by atoms with Crippen molar-refractivity contribution in [3.8, 4) is 11.5 Å². The number of ether oxygens (including phenoxy) is 2. The van der Waals surface area contributed by atoms with Crippen molar-refractivity contribution in [1.29, 1.82) is 0 Å². The maximum atomic E-state index is 5.84. The van der Waals surface area contributed by atoms with Gasteiger partial charge >= 0.3 is 0 Å². The number of nitrogens with one attached hydrogen (secondary N) is 2. The minimum absolute atomic E-state index is 0. The second-order valence-corrected chi connectivity index (χ2v) is 6.36. The number of hydrogen-bond acceptors (Lipinski definition) is 4. The van der Waals surface area contributed by atoms with Gasteiger partial charge in [-0.1, -0.05) is 24.3 Å². The van der Waals surface area contributed by atoms with E-state index in [0.717, 1.165) is 60.1 Å². The average Bonchev–Trinajstić information content (AvgIpc) is 3.32. The van der Waals surface area contributed by atoms with Crippen LogP contribution in [0.1, 0.15) is 11.3 Å². The predicted molar refractivity (Wildman–Crippen MR) is 121 cm³/mol. The second kappa shape index (κ2) is 9.68. The van der Waals surface area contributed by atoms with E-state index in [1.54, 1.807) is 7.05 Å². The summed E-state index contributed by atoms with van der Waals surface area (Å²) in [6.45, 7) is 1.84. The third-order valence-electron chi connectivity index (χ3n) is 4.51. The van der Waals surface area contributed by atoms with Crippen molar-refractivity contribution < 1.29 is 13.9 Å². The van der Waals surface area contributed by atoms with E-state index < -0.39 is 0 Å². The first-order valence-corrected chi connectivity index (χ1v) is 9.12. The molecule has 0 bridgehead atoms. The van der Waals surface area contributed by atoms with Gasteiger partial charge < -0.3 is 24.5 Å². The largest absolute Gasteiger partial charge is 0.461 e. The van der Waals surface area contributed by atoms with Gasteiger partial charge in [0.1, 0.15) is 11.3 Å². The van der Waals surface area contributed by atoms with Gasteiger partial charge in [-0.2, -0.15) is 0 Å². The van der Waals surface area contributed by atoms with E-state index in [9.17, 15) is 0 Å². The molecule has 4 rings (SSSR count). The first-order valence-electron chi connectivity index (χ1n) is 9.12. The van der Waals surface area contributed by atoms with Crippen molar-refractivity contribution >= 4 is 40.9 Å². The van der Waals surface area contributed by atoms with Gasteiger partial charge in [0.05, 0.1) is 0 Å². The summed E-state index contributed by atoms with van der Waals surface area (Å²) in [6, 6.07) is 16.2. The monoisotopic (exact) mass is 493 g/mol. The minimum Gasteiger partial charge on any atom is -0.461 e. The molecule has 0 fully saturated rings. The molecular formula is C21H24IN3O3. The summed E-state index contributed by atoms with van der Waals surface area (Å²) in [4.78, 5) is 4.27. The molecule has 0 amide bonds. The van der Waals surface area contributed by atoms with Crippen LogP contribution in [-0.4, -0.2) is 32.9 Å². The molecule has 0 spiro atoms. The van der Waals surface area contributed by atoms with Gasteiger partial charge in [0.25, 0.3) is 0 Å². The SMILES string of the molecule is CN=C(NCCc1ccc2c(c1)OCO2)NCCc1cc2ccccc2o1.I. The lowest BCUT2D eigenvalue weighted by atomic mass is 10.1. The van der Waals surface area contributed by atoms with Crippen molar-refractivity contribution in [3.05, 3.63) is 59.9 Å². The second-order valence-electron chi connectivity index (χ2n) is 6.36. The molecule has 3 aromatic rings. The highest BCUT2D eigenvalue weighted by Gasteiger charge is 2.13. The normalized spacial score (nSPS) is 12.7. The van der Waals surface area contributed by atoms with E-state index in [1.807, 2.05) is 30.3 Å². The molecule has 28 heavy (non-hydrogen) atoms. The molecule has 148 valence electrons. The molecule has 1 aromatic heterocycles. The molecule has 2 aromatic carbocycles. The molecule has 0 aliphatic carbocycles. The van der Waals surface area contributed by atoms with Crippen LogP contribution in [0.15, 0.2) is 57.9 Å². The number of benzene rings is 2. The molecule has 2 N–H and O–H groups in total. The number of halogens is 1. The Hall–Kier alpha value is -2.42. The Kier molecular flexibility index (Phi) is 7.02. The van der Waals surface area contributed by atoms with Crippen molar-refractivity contribution in [3.63, 3.8) is 0 Å². The smallest absolute Gasteiger partial charge is 0.231 e. The van der Waals surface area contributed by atoms with Crippen molar-refractivity contribution in [1.82, 2.24) is 10.6 Å². The zero-order valence-electron chi connectivity index (χ0n) is 15.7. The number of rotatable bonds is 6. The van der Waals surface area contributed by atoms with Gasteiger partial charge in [-0.3, -0.25) is 4.99 Å². The third kappa shape index (κ3) is 4.89. The number of guanidine groups is 1. The first-order chi connectivity index (χ1) is 13.3. The summed E-state index contributed by atoms with van der Waals surface area (Å²) in [6.07, 6.45) is 1.68. The number of fused-ring (bicyclic) bond motifs is 2. The number of aliphatic imine (C=N–C) groups is 1. The van der Waals surface area contributed by atoms with Gasteiger partial charge in [-0.05, 0) is 36.2 Å². The van der Waals surface area contributed by atoms with Gasteiger partial charge in [0.2, 0.25) is 6.79 Å². The third-order valence-corrected chi connectivity index (χ3v) is 4.51. The Morgan fingerprint density at radius 3 is 2.57 bits per heavy atom. The van der Waals surface area contributed by atoms with Gasteiger partial charge in [-0.25, -0.2) is 0 Å². The van der Waals surface area contributed by atoms with Gasteiger partial charge in [-0.15, -0.1) is 24.0 Å². The molecule has 0 saturated carbocycles. The molecule has 7 heteroatoms. The summed E-state index contributed by atoms with van der Waals surface area (Å²) in [5.74, 6) is 3.39. The maximum absolute atomic E-state index is 5.84. The van der Waals surface area contributed by atoms with Crippen LogP contribution in [0.4, 0.5) is 0 Å². The number of para-hydroxylation sites is 1. The van der Waals surface area contributed by atoms with Crippen LogP contribution in [0, 0.1) is 0 Å². The van der Waals surface area contributed by atoms with Gasteiger partial charge in [0.15, 0.2) is 17.5 Å². The lowest BCUT2D eigenvalue weighted by molar-refractivity contribution is 0.174. The molecular weight excluding hydrogens is 469 g/mol. The van der Waals surface area contributed by atoms with Crippen molar-refractivity contribution in [2.75, 3.05) is 26.9 Å². The van der Waals surface area contributed by atoms with E-state index in [1.165, 1.54) is 5.56 Å². The van der Waals surface area contributed by atoms with Gasteiger partial charge in [0, 0.05) is 31.9 Å². The van der Waals surface area contributed by atoms with E-state index in [-0.39, 0.29) is 24.0 Å². The minimum atomic E-state index is 0. The maximum Gasteiger partial charge on any atom is 0.231 e. The standard InChI is InChI=1S/C21H23N3O3.HI/c1-22-21(23-10-8-15-6-7-19-20(12-15)26-14-25-19)24-11-9-17-13-16-4-2-3-5-18(16)27-17;/h2-7,12-13H,8-11,14H2,1H3,(H2,22,23,24);1H. The van der Waals surface area contributed by atoms with Crippen LogP contribution in [0.3, 0.4) is 0 Å². The van der Waals surface area contributed by atoms with Crippen LogP contribution >= 0.6 is 24.0 Å². The number of nitrogens with zero attached hydrogens (tertiary/aromatic N) is 1. The van der Waals surface area contributed by atoms with Crippen LogP contribution in [0.2, 0.25) is 0 Å². The highest BCUT2D eigenvalue weighted by atomic mass is 127. The lowest BCUT2D eigenvalue weighted by Crippen LogP contribution is -2.39. The summed E-state index contributed by atoms with van der Waals surface area (Å²) in [7, 11) is 1.77. The zero-order chi connectivity index (χ0) is 18.5. The Labute approximate surface area is 181 Å². The summed E-state index contributed by atoms with van der Waals surface area (Å²) < 4.78 is 16.6. The number of furan rings is 1. The number of hydrogen-bond donors (Lipinski definition) is 2. The topological polar surface area (TPSA) is 68.0 Å². The fraction of sp³-hybridized carbons (Fsp3) is 0.286. The average molecular weight is 493 g/mol. The zero-order valence-corrected chi connectivity index (χ0v) is 18.1. The van der Waals surface area contributed by atoms with Crippen LogP contribution in [0.5, 0.6) is 11.5 Å². The molecule has 1 aliphatic rings.